The Morgan fingerprint density at radius 1 is 1.26 bits per heavy atom. The maximum Gasteiger partial charge on any atom is 0.118 e. The van der Waals surface area contributed by atoms with Crippen LogP contribution in [0.2, 0.25) is 0 Å². The first-order chi connectivity index (χ1) is 15.2. The maximum absolute atomic E-state index is 9.20. The molecular weight excluding hydrogens is 380 g/mol. The lowest BCUT2D eigenvalue weighted by molar-refractivity contribution is 0.415. The number of methoxy groups -OCH3 is 1. The fraction of sp³-hybridized carbons (Fsp3) is 0.286. The average Bonchev–Trinajstić information content (AvgIpc) is 3.65. The quantitative estimate of drug-likeness (QED) is 0.247. The zero-order chi connectivity index (χ0) is 22.1. The highest BCUT2D eigenvalue weighted by atomic mass is 16.5. The van der Waals surface area contributed by atoms with Gasteiger partial charge in [-0.3, -0.25) is 4.99 Å². The van der Waals surface area contributed by atoms with Gasteiger partial charge in [0.1, 0.15) is 5.75 Å². The van der Waals surface area contributed by atoms with E-state index in [1.54, 1.807) is 7.11 Å². The van der Waals surface area contributed by atoms with Crippen molar-refractivity contribution < 1.29 is 4.74 Å². The summed E-state index contributed by atoms with van der Waals surface area (Å²) in [6.07, 6.45) is 20.3. The first kappa shape index (κ1) is 22.3. The molecule has 0 saturated heterocycles. The molecule has 1 fully saturated rings. The van der Waals surface area contributed by atoms with Crippen molar-refractivity contribution in [3.8, 4) is 11.8 Å². The summed E-state index contributed by atoms with van der Waals surface area (Å²) < 4.78 is 5.32. The molecule has 31 heavy (non-hydrogen) atoms. The zero-order valence-electron chi connectivity index (χ0n) is 18.5. The number of nitrogens with zero attached hydrogens (tertiary/aromatic N) is 2. The number of allylic oxidation sites excluding steroid dienone is 10. The fourth-order valence-corrected chi connectivity index (χ4v) is 3.55. The van der Waals surface area contributed by atoms with Gasteiger partial charge in [-0.15, -0.1) is 0 Å². The standard InChI is InChI=1S/C28H30N2O/c1-4-30-28(25-16-18-26(31-3)19-17-25)27(11-6-5-8-22-12-13-22)24-10-7-9-23(14-15-24)21(2)20-29/h4,6-7,9,11,14-19,22H,2,5,8,10,12-13H2,1,3H3/b11-6+,28-27+,30-4-. The normalized spacial score (nSPS) is 17.1. The van der Waals surface area contributed by atoms with Crippen molar-refractivity contribution in [2.45, 2.75) is 39.0 Å². The number of hydrogen-bond donors (Lipinski definition) is 0. The van der Waals surface area contributed by atoms with E-state index in [9.17, 15) is 5.26 Å². The van der Waals surface area contributed by atoms with E-state index in [-0.39, 0.29) is 0 Å². The smallest absolute Gasteiger partial charge is 0.118 e. The number of nitriles is 1. The van der Waals surface area contributed by atoms with Crippen LogP contribution >= 0.6 is 0 Å². The van der Waals surface area contributed by atoms with Crippen LogP contribution in [0.5, 0.6) is 5.75 Å². The molecule has 0 aromatic heterocycles. The van der Waals surface area contributed by atoms with Crippen LogP contribution in [0.3, 0.4) is 0 Å². The molecule has 0 aliphatic heterocycles. The summed E-state index contributed by atoms with van der Waals surface area (Å²) in [4.78, 5) is 4.76. The molecule has 1 saturated carbocycles. The topological polar surface area (TPSA) is 45.4 Å². The summed E-state index contributed by atoms with van der Waals surface area (Å²) in [5.74, 6) is 1.73. The van der Waals surface area contributed by atoms with Gasteiger partial charge in [0.2, 0.25) is 0 Å². The minimum Gasteiger partial charge on any atom is -0.497 e. The second-order valence-corrected chi connectivity index (χ2v) is 7.81. The van der Waals surface area contributed by atoms with Gasteiger partial charge in [0.15, 0.2) is 0 Å². The molecule has 0 amide bonds. The Kier molecular flexibility index (Phi) is 8.01. The van der Waals surface area contributed by atoms with Crippen LogP contribution in [0.25, 0.3) is 5.70 Å². The minimum absolute atomic E-state index is 0.473. The number of benzene rings is 1. The van der Waals surface area contributed by atoms with E-state index in [1.807, 2.05) is 49.6 Å². The highest BCUT2D eigenvalue weighted by Crippen LogP contribution is 2.34. The SMILES string of the molecule is C=C(C#N)C1=CC=C(C(/C=C/CCC2CC2)=C(/N=C\C)c2ccc(OC)cc2)CC=C1. The molecule has 0 bridgehead atoms. The third-order valence-corrected chi connectivity index (χ3v) is 5.53. The number of ether oxygens (including phenoxy) is 1. The largest absolute Gasteiger partial charge is 0.497 e. The molecule has 2 aliphatic carbocycles. The molecule has 2 aliphatic rings. The van der Waals surface area contributed by atoms with Crippen LogP contribution in [0.15, 0.2) is 94.6 Å². The third-order valence-electron chi connectivity index (χ3n) is 5.53. The Morgan fingerprint density at radius 3 is 2.68 bits per heavy atom. The summed E-state index contributed by atoms with van der Waals surface area (Å²) in [7, 11) is 1.67. The number of hydrogen-bond acceptors (Lipinski definition) is 3. The third kappa shape index (κ3) is 6.30. The van der Waals surface area contributed by atoms with Crippen molar-refractivity contribution in [2.75, 3.05) is 7.11 Å². The summed E-state index contributed by atoms with van der Waals surface area (Å²) in [6, 6.07) is 10.2. The molecule has 158 valence electrons. The second kappa shape index (κ2) is 11.1. The van der Waals surface area contributed by atoms with Crippen LogP contribution < -0.4 is 4.74 Å². The molecule has 3 nitrogen and oxygen atoms in total. The molecule has 0 atom stereocenters. The first-order valence-corrected chi connectivity index (χ1v) is 10.9. The summed E-state index contributed by atoms with van der Waals surface area (Å²) in [6.45, 7) is 5.79. The fourth-order valence-electron chi connectivity index (χ4n) is 3.55. The Bertz CT molecular complexity index is 1020. The van der Waals surface area contributed by atoms with Gasteiger partial charge in [-0.05, 0) is 67.5 Å². The van der Waals surface area contributed by atoms with Gasteiger partial charge in [-0.2, -0.15) is 5.26 Å². The molecule has 3 heteroatoms. The molecule has 3 rings (SSSR count). The lowest BCUT2D eigenvalue weighted by Gasteiger charge is -2.13. The molecule has 1 aromatic carbocycles. The Hall–Kier alpha value is -3.38. The van der Waals surface area contributed by atoms with Gasteiger partial charge in [-0.25, -0.2) is 0 Å². The van der Waals surface area contributed by atoms with Crippen LogP contribution in [0, 0.1) is 17.2 Å². The highest BCUT2D eigenvalue weighted by Gasteiger charge is 2.19. The summed E-state index contributed by atoms with van der Waals surface area (Å²) in [5.41, 5.74) is 5.56. The lowest BCUT2D eigenvalue weighted by Crippen LogP contribution is -1.94. The van der Waals surface area contributed by atoms with E-state index < -0.39 is 0 Å². The predicted molar refractivity (Wildman–Crippen MR) is 130 cm³/mol. The molecule has 0 heterocycles. The van der Waals surface area contributed by atoms with Crippen molar-refractivity contribution >= 4 is 11.9 Å². The van der Waals surface area contributed by atoms with Gasteiger partial charge in [0.05, 0.1) is 24.4 Å². The minimum atomic E-state index is 0.473. The molecule has 0 radical (unpaired) electrons. The zero-order valence-corrected chi connectivity index (χ0v) is 18.5. The molecule has 1 aromatic rings. The molecule has 0 N–H and O–H groups in total. The number of aliphatic imine (C=N–C) groups is 1. The van der Waals surface area contributed by atoms with Crippen LogP contribution in [-0.2, 0) is 0 Å². The van der Waals surface area contributed by atoms with Gasteiger partial charge in [-0.1, -0.05) is 55.9 Å². The van der Waals surface area contributed by atoms with E-state index in [0.717, 1.165) is 52.5 Å². The lowest BCUT2D eigenvalue weighted by atomic mass is 9.96. The summed E-state index contributed by atoms with van der Waals surface area (Å²) in [5, 5.41) is 9.20. The highest BCUT2D eigenvalue weighted by molar-refractivity contribution is 5.80. The van der Waals surface area contributed by atoms with Crippen LogP contribution in [0.4, 0.5) is 0 Å². The summed E-state index contributed by atoms with van der Waals surface area (Å²) >= 11 is 0. The van der Waals surface area contributed by atoms with Crippen molar-refractivity contribution in [2.24, 2.45) is 10.9 Å². The van der Waals surface area contributed by atoms with Crippen molar-refractivity contribution in [1.82, 2.24) is 0 Å². The van der Waals surface area contributed by atoms with Gasteiger partial charge in [0.25, 0.3) is 0 Å². The van der Waals surface area contributed by atoms with Gasteiger partial charge < -0.3 is 4.74 Å². The number of rotatable bonds is 9. The van der Waals surface area contributed by atoms with E-state index in [4.69, 9.17) is 9.73 Å². The first-order valence-electron chi connectivity index (χ1n) is 10.9. The maximum atomic E-state index is 9.20. The average molecular weight is 411 g/mol. The van der Waals surface area contributed by atoms with Crippen LogP contribution in [0.1, 0.15) is 44.6 Å². The van der Waals surface area contributed by atoms with E-state index in [2.05, 4.69) is 37.0 Å². The van der Waals surface area contributed by atoms with Crippen molar-refractivity contribution in [3.05, 3.63) is 95.2 Å². The monoisotopic (exact) mass is 410 g/mol. The van der Waals surface area contributed by atoms with Gasteiger partial charge in [0, 0.05) is 17.4 Å². The molecule has 0 unspecified atom stereocenters. The van der Waals surface area contributed by atoms with E-state index in [0.29, 0.717) is 5.57 Å². The van der Waals surface area contributed by atoms with E-state index >= 15 is 0 Å². The molecular formula is C28H30N2O. The second-order valence-electron chi connectivity index (χ2n) is 7.81. The Labute approximate surface area is 186 Å². The van der Waals surface area contributed by atoms with E-state index in [1.165, 1.54) is 19.3 Å². The van der Waals surface area contributed by atoms with Crippen molar-refractivity contribution in [3.63, 3.8) is 0 Å². The predicted octanol–water partition coefficient (Wildman–Crippen LogP) is 7.14. The van der Waals surface area contributed by atoms with Crippen molar-refractivity contribution in [1.29, 1.82) is 5.26 Å². The van der Waals surface area contributed by atoms with Gasteiger partial charge >= 0.3 is 0 Å². The Morgan fingerprint density at radius 2 is 2.03 bits per heavy atom. The van der Waals surface area contributed by atoms with Crippen LogP contribution in [-0.4, -0.2) is 13.3 Å². The Balaban J connectivity index is 2.04. The molecule has 0 spiro atoms.